The molecule has 0 bridgehead atoms. The lowest BCUT2D eigenvalue weighted by atomic mass is 9.76. The van der Waals surface area contributed by atoms with Gasteiger partial charge in [-0.2, -0.15) is 26.3 Å². The Hall–Kier alpha value is -2.79. The summed E-state index contributed by atoms with van der Waals surface area (Å²) in [5, 5.41) is 11.1. The molecule has 2 heterocycles. The van der Waals surface area contributed by atoms with E-state index in [0.717, 1.165) is 29.2 Å². The van der Waals surface area contributed by atoms with Crippen molar-refractivity contribution in [3.8, 4) is 0 Å². The molecule has 3 aliphatic rings. The number of rotatable bonds is 4. The summed E-state index contributed by atoms with van der Waals surface area (Å²) >= 11 is 0. The fourth-order valence-corrected chi connectivity index (χ4v) is 10.5. The Kier molecular flexibility index (Phi) is 7.49. The van der Waals surface area contributed by atoms with Crippen molar-refractivity contribution in [2.75, 3.05) is 18.1 Å². The first-order valence-corrected chi connectivity index (χ1v) is 16.6. The zero-order chi connectivity index (χ0) is 32.7. The summed E-state index contributed by atoms with van der Waals surface area (Å²) in [6, 6.07) is 3.42. The number of sulfone groups is 2. The molecule has 1 aliphatic carbocycles. The smallest absolute Gasteiger partial charge is 0.380 e. The van der Waals surface area contributed by atoms with Crippen LogP contribution in [0, 0.1) is 5.82 Å². The van der Waals surface area contributed by atoms with E-state index < -0.39 is 107 Å². The molecule has 2 atom stereocenters. The van der Waals surface area contributed by atoms with Gasteiger partial charge in [0.05, 0.1) is 22.4 Å². The van der Waals surface area contributed by atoms with Crippen molar-refractivity contribution in [1.29, 1.82) is 0 Å². The molecule has 17 heteroatoms. The van der Waals surface area contributed by atoms with E-state index in [1.165, 1.54) is 0 Å². The minimum atomic E-state index is -6.41. The number of halogens is 8. The zero-order valence-corrected chi connectivity index (χ0v) is 24.2. The number of aliphatic hydroxyl groups is 1. The highest BCUT2D eigenvalue weighted by Gasteiger charge is 2.74. The summed E-state index contributed by atoms with van der Waals surface area (Å²) in [6.45, 7) is -0.335. The van der Waals surface area contributed by atoms with E-state index in [2.05, 4.69) is 0 Å². The summed E-state index contributed by atoms with van der Waals surface area (Å²) < 4.78 is 160. The molecule has 44 heavy (non-hydrogen) atoms. The van der Waals surface area contributed by atoms with Crippen LogP contribution in [0.3, 0.4) is 0 Å². The predicted octanol–water partition coefficient (Wildman–Crippen LogP) is 4.27. The number of hydrogen-bond donors (Lipinski definition) is 1. The van der Waals surface area contributed by atoms with E-state index in [4.69, 9.17) is 0 Å². The number of benzene rings is 2. The quantitative estimate of drug-likeness (QED) is 0.383. The molecular weight excluding hydrogens is 650 g/mol. The monoisotopic (exact) mass is 675 g/mol. The van der Waals surface area contributed by atoms with E-state index in [0.29, 0.717) is 12.1 Å². The minimum absolute atomic E-state index is 0.216. The first-order chi connectivity index (χ1) is 20.1. The molecule has 1 N–H and O–H groups in total. The minimum Gasteiger partial charge on any atom is -0.380 e. The first kappa shape index (κ1) is 32.6. The topological polar surface area (TPSA) is 109 Å². The van der Waals surface area contributed by atoms with Crippen LogP contribution >= 0.6 is 0 Å². The molecule has 2 fully saturated rings. The Labute approximate surface area is 246 Å². The lowest BCUT2D eigenvalue weighted by molar-refractivity contribution is -0.348. The van der Waals surface area contributed by atoms with Crippen molar-refractivity contribution in [3.05, 3.63) is 65.0 Å². The summed E-state index contributed by atoms with van der Waals surface area (Å²) in [7, 11) is -8.24. The van der Waals surface area contributed by atoms with E-state index in [9.17, 15) is 61.9 Å². The maximum Gasteiger partial charge on any atom is 0.435 e. The number of hydrogen-bond acceptors (Lipinski definition) is 6. The van der Waals surface area contributed by atoms with Gasteiger partial charge in [0.15, 0.2) is 19.7 Å². The zero-order valence-electron chi connectivity index (χ0n) is 22.6. The van der Waals surface area contributed by atoms with Gasteiger partial charge in [-0.3, -0.25) is 4.79 Å². The molecule has 1 amide bonds. The standard InChI is InChI=1S/C27H25F8NO6S2/c28-18-3-5-19(6-4-18)44(41,42)24-9-12-36(22(37)23(38)10-13-43(39,40)14-11-23)21(24)8-1-16-15-17(2-7-20(16)24)25(29,26(30,31)32)27(33,34)35/h2-7,15,21,38H,1,8-14H2. The Morgan fingerprint density at radius 2 is 1.48 bits per heavy atom. The lowest BCUT2D eigenvalue weighted by Gasteiger charge is -2.44. The summed E-state index contributed by atoms with van der Waals surface area (Å²) in [5.41, 5.74) is -10.3. The number of alkyl halides is 7. The maximum atomic E-state index is 15.0. The van der Waals surface area contributed by atoms with Gasteiger partial charge in [0.2, 0.25) is 0 Å². The molecule has 2 aliphatic heterocycles. The predicted molar refractivity (Wildman–Crippen MR) is 138 cm³/mol. The average molecular weight is 676 g/mol. The molecule has 2 saturated heterocycles. The van der Waals surface area contributed by atoms with Gasteiger partial charge in [-0.05, 0) is 67.5 Å². The summed E-state index contributed by atoms with van der Waals surface area (Å²) in [4.78, 5) is 14.3. The fraction of sp³-hybridized carbons (Fsp3) is 0.519. The number of carbonyl (C=O) groups is 1. The molecule has 2 unspecified atom stereocenters. The van der Waals surface area contributed by atoms with Gasteiger partial charge >= 0.3 is 18.0 Å². The van der Waals surface area contributed by atoms with Crippen molar-refractivity contribution in [2.45, 2.75) is 71.4 Å². The molecule has 0 saturated carbocycles. The van der Waals surface area contributed by atoms with Crippen molar-refractivity contribution in [1.82, 2.24) is 4.90 Å². The highest BCUT2D eigenvalue weighted by atomic mass is 32.2. The third-order valence-corrected chi connectivity index (χ3v) is 13.2. The Balaban J connectivity index is 1.67. The SMILES string of the molecule is O=C(N1CCC2(S(=O)(=O)c3ccc(F)cc3)c3ccc(C(F)(C(F)(F)F)C(F)(F)F)cc3CCC12)C1(O)CCS(=O)(=O)CC1. The molecule has 5 rings (SSSR count). The molecule has 7 nitrogen and oxygen atoms in total. The van der Waals surface area contributed by atoms with Crippen LogP contribution in [0.2, 0.25) is 0 Å². The molecule has 242 valence electrons. The highest BCUT2D eigenvalue weighted by Crippen LogP contribution is 2.57. The second kappa shape index (κ2) is 10.1. The third-order valence-electron chi connectivity index (χ3n) is 8.98. The number of fused-ring (bicyclic) bond motifs is 3. The van der Waals surface area contributed by atoms with Gasteiger partial charge in [-0.15, -0.1) is 0 Å². The van der Waals surface area contributed by atoms with Gasteiger partial charge in [0.1, 0.15) is 16.2 Å². The van der Waals surface area contributed by atoms with Crippen molar-refractivity contribution in [2.24, 2.45) is 0 Å². The van der Waals surface area contributed by atoms with Crippen LogP contribution in [0.1, 0.15) is 42.4 Å². The largest absolute Gasteiger partial charge is 0.435 e. The number of aryl methyl sites for hydroxylation is 1. The Morgan fingerprint density at radius 1 is 0.909 bits per heavy atom. The van der Waals surface area contributed by atoms with Gasteiger partial charge in [-0.1, -0.05) is 18.2 Å². The molecule has 0 spiro atoms. The molecule has 2 aromatic rings. The molecule has 0 aromatic heterocycles. The Morgan fingerprint density at radius 3 is 2.02 bits per heavy atom. The van der Waals surface area contributed by atoms with Crippen molar-refractivity contribution < 1.29 is 61.9 Å². The Bertz CT molecular complexity index is 1680. The van der Waals surface area contributed by atoms with Crippen LogP contribution in [0.25, 0.3) is 0 Å². The van der Waals surface area contributed by atoms with Crippen molar-refractivity contribution >= 4 is 25.6 Å². The lowest BCUT2D eigenvalue weighted by Crippen LogP contribution is -2.58. The number of likely N-dealkylation sites (tertiary alicyclic amines) is 1. The van der Waals surface area contributed by atoms with E-state index in [1.807, 2.05) is 0 Å². The second-order valence-corrected chi connectivity index (χ2v) is 15.9. The summed E-state index contributed by atoms with van der Waals surface area (Å²) in [5.74, 6) is -2.79. The van der Waals surface area contributed by atoms with E-state index in [1.54, 1.807) is 0 Å². The van der Waals surface area contributed by atoms with Crippen LogP contribution in [-0.2, 0) is 41.3 Å². The van der Waals surface area contributed by atoms with Crippen LogP contribution < -0.4 is 0 Å². The fourth-order valence-electron chi connectivity index (χ4n) is 6.65. The van der Waals surface area contributed by atoms with Crippen LogP contribution in [0.5, 0.6) is 0 Å². The number of amides is 1. The van der Waals surface area contributed by atoms with E-state index >= 15 is 0 Å². The van der Waals surface area contributed by atoms with E-state index in [-0.39, 0.29) is 36.6 Å². The van der Waals surface area contributed by atoms with Crippen LogP contribution in [0.15, 0.2) is 47.4 Å². The van der Waals surface area contributed by atoms with Gasteiger partial charge in [0.25, 0.3) is 5.91 Å². The summed E-state index contributed by atoms with van der Waals surface area (Å²) in [6.07, 6.45) is -14.9. The first-order valence-electron chi connectivity index (χ1n) is 13.3. The van der Waals surface area contributed by atoms with Gasteiger partial charge in [-0.25, -0.2) is 25.6 Å². The second-order valence-electron chi connectivity index (χ2n) is 11.4. The van der Waals surface area contributed by atoms with Crippen molar-refractivity contribution in [3.63, 3.8) is 0 Å². The van der Waals surface area contributed by atoms with Crippen LogP contribution in [0.4, 0.5) is 35.1 Å². The van der Waals surface area contributed by atoms with Gasteiger partial charge < -0.3 is 10.0 Å². The highest BCUT2D eigenvalue weighted by molar-refractivity contribution is 7.92. The average Bonchev–Trinajstić information content (AvgIpc) is 3.34. The molecule has 0 radical (unpaired) electrons. The normalized spacial score (nSPS) is 25.3. The molecule has 2 aromatic carbocycles. The third kappa shape index (κ3) is 4.71. The van der Waals surface area contributed by atoms with Crippen LogP contribution in [-0.4, -0.2) is 74.8 Å². The maximum absolute atomic E-state index is 15.0. The number of nitrogens with zero attached hydrogens (tertiary/aromatic N) is 1. The molecular formula is C27H25F8NO6S2. The van der Waals surface area contributed by atoms with Gasteiger partial charge in [0, 0.05) is 12.1 Å². The number of carbonyl (C=O) groups excluding carboxylic acids is 1.